The first-order valence-corrected chi connectivity index (χ1v) is 9.38. The van der Waals surface area contributed by atoms with E-state index in [9.17, 15) is 9.59 Å². The summed E-state index contributed by atoms with van der Waals surface area (Å²) in [6.45, 7) is 1.57. The molecule has 0 bridgehead atoms. The topological polar surface area (TPSA) is 66.4 Å². The first-order chi connectivity index (χ1) is 8.81. The SMILES string of the molecule is CC(SCC(=O)Nc1c(I)cc(I)cc1I)C(=O)O. The quantitative estimate of drug-likeness (QED) is 0.496. The Labute approximate surface area is 156 Å². The van der Waals surface area contributed by atoms with Crippen LogP contribution in [-0.4, -0.2) is 28.0 Å². The number of carbonyl (C=O) groups is 2. The second kappa shape index (κ2) is 8.22. The number of rotatable bonds is 5. The van der Waals surface area contributed by atoms with Crippen LogP contribution in [0.1, 0.15) is 6.92 Å². The largest absolute Gasteiger partial charge is 0.480 e. The van der Waals surface area contributed by atoms with Crippen molar-refractivity contribution in [2.45, 2.75) is 12.2 Å². The van der Waals surface area contributed by atoms with Gasteiger partial charge in [0, 0.05) is 10.7 Å². The number of amides is 1. The first-order valence-electron chi connectivity index (χ1n) is 5.10. The van der Waals surface area contributed by atoms with Crippen LogP contribution in [0.4, 0.5) is 5.69 Å². The number of carboxylic acids is 1. The molecule has 1 aromatic rings. The van der Waals surface area contributed by atoms with E-state index in [1.165, 1.54) is 0 Å². The van der Waals surface area contributed by atoms with Gasteiger partial charge in [-0.05, 0) is 86.8 Å². The highest BCUT2D eigenvalue weighted by atomic mass is 127. The van der Waals surface area contributed by atoms with Crippen molar-refractivity contribution in [3.8, 4) is 0 Å². The number of hydrogen-bond donors (Lipinski definition) is 2. The zero-order chi connectivity index (χ0) is 14.6. The van der Waals surface area contributed by atoms with Crippen LogP contribution in [0, 0.1) is 10.7 Å². The highest BCUT2D eigenvalue weighted by Crippen LogP contribution is 2.27. The summed E-state index contributed by atoms with van der Waals surface area (Å²) in [6, 6.07) is 3.96. The van der Waals surface area contributed by atoms with Crippen LogP contribution in [0.15, 0.2) is 12.1 Å². The summed E-state index contributed by atoms with van der Waals surface area (Å²) in [5, 5.41) is 11.0. The Kier molecular flexibility index (Phi) is 7.68. The van der Waals surface area contributed by atoms with Gasteiger partial charge in [-0.3, -0.25) is 9.59 Å². The third-order valence-electron chi connectivity index (χ3n) is 2.08. The second-order valence-electron chi connectivity index (χ2n) is 3.58. The van der Waals surface area contributed by atoms with Crippen molar-refractivity contribution < 1.29 is 14.7 Å². The van der Waals surface area contributed by atoms with Crippen molar-refractivity contribution in [2.24, 2.45) is 0 Å². The Morgan fingerprint density at radius 3 is 2.32 bits per heavy atom. The number of thioether (sulfide) groups is 1. The van der Waals surface area contributed by atoms with Crippen molar-refractivity contribution in [3.05, 3.63) is 22.8 Å². The Balaban J connectivity index is 2.65. The molecular formula is C11H10I3NO3S. The number of halogens is 3. The molecular weight excluding hydrogens is 607 g/mol. The molecule has 1 unspecified atom stereocenters. The molecule has 1 atom stereocenters. The van der Waals surface area contributed by atoms with Gasteiger partial charge < -0.3 is 10.4 Å². The van der Waals surface area contributed by atoms with Crippen LogP contribution in [0.25, 0.3) is 0 Å². The molecule has 0 saturated heterocycles. The number of carbonyl (C=O) groups excluding carboxylic acids is 1. The minimum atomic E-state index is -0.906. The maximum Gasteiger partial charge on any atom is 0.316 e. The number of anilines is 1. The average molecular weight is 617 g/mol. The van der Waals surface area contributed by atoms with Gasteiger partial charge in [0.05, 0.1) is 16.7 Å². The Morgan fingerprint density at radius 1 is 1.32 bits per heavy atom. The smallest absolute Gasteiger partial charge is 0.316 e. The Bertz CT molecular complexity index is 487. The van der Waals surface area contributed by atoms with Gasteiger partial charge >= 0.3 is 5.97 Å². The van der Waals surface area contributed by atoms with Gasteiger partial charge in [-0.25, -0.2) is 0 Å². The van der Waals surface area contributed by atoms with Gasteiger partial charge in [0.15, 0.2) is 0 Å². The lowest BCUT2D eigenvalue weighted by Gasteiger charge is -2.11. The average Bonchev–Trinajstić information content (AvgIpc) is 2.30. The molecule has 0 saturated carbocycles. The van der Waals surface area contributed by atoms with Crippen LogP contribution < -0.4 is 5.32 Å². The van der Waals surface area contributed by atoms with Gasteiger partial charge in [-0.1, -0.05) is 0 Å². The van der Waals surface area contributed by atoms with E-state index in [0.717, 1.165) is 28.2 Å². The summed E-state index contributed by atoms with van der Waals surface area (Å²) in [5.74, 6) is -0.961. The van der Waals surface area contributed by atoms with Gasteiger partial charge in [-0.15, -0.1) is 11.8 Å². The minimum absolute atomic E-state index is 0.131. The number of nitrogens with one attached hydrogen (secondary N) is 1. The molecule has 0 radical (unpaired) electrons. The van der Waals surface area contributed by atoms with E-state index >= 15 is 0 Å². The van der Waals surface area contributed by atoms with E-state index in [-0.39, 0.29) is 11.7 Å². The number of benzene rings is 1. The van der Waals surface area contributed by atoms with Crippen LogP contribution in [0.2, 0.25) is 0 Å². The summed E-state index contributed by atoms with van der Waals surface area (Å²) >= 11 is 7.68. The third-order valence-corrected chi connectivity index (χ3v) is 5.54. The van der Waals surface area contributed by atoms with E-state index in [1.807, 2.05) is 12.1 Å². The summed E-state index contributed by atoms with van der Waals surface area (Å²) in [4.78, 5) is 22.5. The monoisotopic (exact) mass is 617 g/mol. The molecule has 0 aliphatic rings. The Hall–Kier alpha value is 0.700. The van der Waals surface area contributed by atoms with Crippen molar-refractivity contribution in [3.63, 3.8) is 0 Å². The van der Waals surface area contributed by atoms with Crippen molar-refractivity contribution >= 4 is 97.1 Å². The molecule has 8 heteroatoms. The summed E-state index contributed by atoms with van der Waals surface area (Å²) in [5.41, 5.74) is 0.787. The highest BCUT2D eigenvalue weighted by molar-refractivity contribution is 14.1. The van der Waals surface area contributed by atoms with Gasteiger partial charge in [0.25, 0.3) is 0 Å². The van der Waals surface area contributed by atoms with Crippen LogP contribution in [0.3, 0.4) is 0 Å². The highest BCUT2D eigenvalue weighted by Gasteiger charge is 2.15. The van der Waals surface area contributed by atoms with Crippen molar-refractivity contribution in [1.82, 2.24) is 0 Å². The van der Waals surface area contributed by atoms with Gasteiger partial charge in [0.1, 0.15) is 0 Å². The standard InChI is InChI=1S/C11H10I3NO3S/c1-5(11(17)18)19-4-9(16)15-10-7(13)2-6(12)3-8(10)14/h2-3,5H,4H2,1H3,(H,15,16)(H,17,18). The number of aliphatic carboxylic acids is 1. The summed E-state index contributed by atoms with van der Waals surface area (Å²) in [7, 11) is 0. The molecule has 104 valence electrons. The number of hydrogen-bond acceptors (Lipinski definition) is 3. The lowest BCUT2D eigenvalue weighted by molar-refractivity contribution is -0.136. The molecule has 0 aliphatic heterocycles. The molecule has 2 N–H and O–H groups in total. The van der Waals surface area contributed by atoms with E-state index in [2.05, 4.69) is 73.1 Å². The molecule has 1 rings (SSSR count). The summed E-state index contributed by atoms with van der Waals surface area (Å²) in [6.07, 6.45) is 0. The molecule has 1 aromatic carbocycles. The maximum absolute atomic E-state index is 11.8. The zero-order valence-electron chi connectivity index (χ0n) is 9.75. The molecule has 0 spiro atoms. The molecule has 0 heterocycles. The lowest BCUT2D eigenvalue weighted by Crippen LogP contribution is -2.20. The fourth-order valence-corrected chi connectivity index (χ4v) is 5.58. The second-order valence-corrected chi connectivity index (χ2v) is 8.48. The van der Waals surface area contributed by atoms with E-state index in [0.29, 0.717) is 0 Å². The molecule has 1 amide bonds. The summed E-state index contributed by atoms with van der Waals surface area (Å²) < 4.78 is 3.05. The maximum atomic E-state index is 11.8. The number of carboxylic acid groups (broad SMARTS) is 1. The third kappa shape index (κ3) is 5.91. The van der Waals surface area contributed by atoms with Crippen molar-refractivity contribution in [2.75, 3.05) is 11.1 Å². The zero-order valence-corrected chi connectivity index (χ0v) is 17.0. The van der Waals surface area contributed by atoms with Crippen LogP contribution in [0.5, 0.6) is 0 Å². The lowest BCUT2D eigenvalue weighted by atomic mass is 10.3. The van der Waals surface area contributed by atoms with E-state index in [1.54, 1.807) is 6.92 Å². The molecule has 0 aromatic heterocycles. The van der Waals surface area contributed by atoms with Crippen molar-refractivity contribution in [1.29, 1.82) is 0 Å². The Morgan fingerprint density at radius 2 is 1.84 bits per heavy atom. The minimum Gasteiger partial charge on any atom is -0.480 e. The molecule has 0 fully saturated rings. The van der Waals surface area contributed by atoms with Gasteiger partial charge in [-0.2, -0.15) is 0 Å². The van der Waals surface area contributed by atoms with Gasteiger partial charge in [0.2, 0.25) is 5.91 Å². The molecule has 0 aliphatic carbocycles. The fourth-order valence-electron chi connectivity index (χ4n) is 1.11. The molecule has 4 nitrogen and oxygen atoms in total. The van der Waals surface area contributed by atoms with Crippen LogP contribution >= 0.6 is 79.5 Å². The van der Waals surface area contributed by atoms with Crippen LogP contribution in [-0.2, 0) is 9.59 Å². The van der Waals surface area contributed by atoms with E-state index in [4.69, 9.17) is 5.11 Å². The predicted octanol–water partition coefficient (Wildman–Crippen LogP) is 3.65. The predicted molar refractivity (Wildman–Crippen MR) is 103 cm³/mol. The van der Waals surface area contributed by atoms with E-state index < -0.39 is 11.2 Å². The fraction of sp³-hybridized carbons (Fsp3) is 0.273. The normalized spacial score (nSPS) is 12.0. The first kappa shape index (κ1) is 17.8. The molecule has 19 heavy (non-hydrogen) atoms.